The molecule has 0 unspecified atom stereocenters. The molecule has 0 saturated heterocycles. The first-order chi connectivity index (χ1) is 7.26. The summed E-state index contributed by atoms with van der Waals surface area (Å²) in [7, 11) is 0. The molecule has 2 rings (SSSR count). The highest BCUT2D eigenvalue weighted by Crippen LogP contribution is 2.45. The highest BCUT2D eigenvalue weighted by atomic mass is 35.5. The zero-order valence-electron chi connectivity index (χ0n) is 8.60. The summed E-state index contributed by atoms with van der Waals surface area (Å²) in [5.41, 5.74) is 1.02. The molecule has 0 radical (unpaired) electrons. The minimum atomic E-state index is -0.138. The summed E-state index contributed by atoms with van der Waals surface area (Å²) in [6, 6.07) is 6.86. The van der Waals surface area contributed by atoms with E-state index in [1.165, 1.54) is 18.9 Å². The molecule has 1 fully saturated rings. The van der Waals surface area contributed by atoms with Gasteiger partial charge in [-0.25, -0.2) is 4.39 Å². The maximum atomic E-state index is 13.2. The van der Waals surface area contributed by atoms with Crippen molar-refractivity contribution in [2.75, 3.05) is 12.4 Å². The van der Waals surface area contributed by atoms with Gasteiger partial charge in [-0.15, -0.1) is 11.6 Å². The third-order valence-electron chi connectivity index (χ3n) is 3.01. The summed E-state index contributed by atoms with van der Waals surface area (Å²) in [5.74, 6) is 0.567. The molecular weight excluding hydrogens is 213 g/mol. The molecule has 1 aromatic carbocycles. The minimum absolute atomic E-state index is 0.138. The van der Waals surface area contributed by atoms with E-state index in [4.69, 9.17) is 11.6 Å². The zero-order chi connectivity index (χ0) is 10.7. The predicted octanol–water partition coefficient (Wildman–Crippen LogP) is 2.93. The van der Waals surface area contributed by atoms with Crippen LogP contribution in [0, 0.1) is 11.2 Å². The molecule has 1 N–H and O–H groups in total. The summed E-state index contributed by atoms with van der Waals surface area (Å²) in [5, 5.41) is 3.27. The van der Waals surface area contributed by atoms with E-state index in [2.05, 4.69) is 5.32 Å². The van der Waals surface area contributed by atoms with Gasteiger partial charge in [0.2, 0.25) is 0 Å². The topological polar surface area (TPSA) is 12.0 Å². The van der Waals surface area contributed by atoms with Crippen LogP contribution in [-0.4, -0.2) is 12.4 Å². The Morgan fingerprint density at radius 1 is 1.33 bits per heavy atom. The average molecular weight is 228 g/mol. The van der Waals surface area contributed by atoms with E-state index in [0.29, 0.717) is 17.8 Å². The molecule has 1 aliphatic rings. The fourth-order valence-corrected chi connectivity index (χ4v) is 2.00. The van der Waals surface area contributed by atoms with E-state index in [1.807, 2.05) is 12.1 Å². The molecule has 0 spiro atoms. The molecule has 1 aliphatic carbocycles. The van der Waals surface area contributed by atoms with Crippen molar-refractivity contribution in [2.24, 2.45) is 5.41 Å². The van der Waals surface area contributed by atoms with Crippen LogP contribution >= 0.6 is 11.6 Å². The lowest BCUT2D eigenvalue weighted by atomic mass is 10.1. The van der Waals surface area contributed by atoms with Crippen molar-refractivity contribution in [2.45, 2.75) is 19.4 Å². The monoisotopic (exact) mass is 227 g/mol. The number of rotatable bonds is 5. The van der Waals surface area contributed by atoms with Gasteiger partial charge in [0.1, 0.15) is 5.82 Å². The van der Waals surface area contributed by atoms with Crippen LogP contribution in [0.1, 0.15) is 18.4 Å². The highest BCUT2D eigenvalue weighted by Gasteiger charge is 2.41. The molecule has 1 aromatic rings. The van der Waals surface area contributed by atoms with Crippen LogP contribution in [0.25, 0.3) is 0 Å². The lowest BCUT2D eigenvalue weighted by molar-refractivity contribution is 0.496. The molecular formula is C12H15ClFN. The first-order valence-corrected chi connectivity index (χ1v) is 5.79. The molecule has 0 bridgehead atoms. The minimum Gasteiger partial charge on any atom is -0.312 e. The second kappa shape index (κ2) is 4.50. The van der Waals surface area contributed by atoms with E-state index < -0.39 is 0 Å². The van der Waals surface area contributed by atoms with E-state index in [1.54, 1.807) is 6.07 Å². The van der Waals surface area contributed by atoms with Gasteiger partial charge in [-0.2, -0.15) is 0 Å². The van der Waals surface area contributed by atoms with Crippen molar-refractivity contribution < 1.29 is 4.39 Å². The Balaban J connectivity index is 1.81. The van der Waals surface area contributed by atoms with Crippen LogP contribution < -0.4 is 5.32 Å². The highest BCUT2D eigenvalue weighted by molar-refractivity contribution is 6.18. The Kier molecular flexibility index (Phi) is 3.27. The molecule has 0 heterocycles. The Morgan fingerprint density at radius 3 is 2.67 bits per heavy atom. The van der Waals surface area contributed by atoms with Crippen molar-refractivity contribution in [3.63, 3.8) is 0 Å². The fraction of sp³-hybridized carbons (Fsp3) is 0.500. The molecule has 3 heteroatoms. The van der Waals surface area contributed by atoms with Crippen molar-refractivity contribution in [3.8, 4) is 0 Å². The summed E-state index contributed by atoms with van der Waals surface area (Å²) in [6.45, 7) is 1.48. The average Bonchev–Trinajstić information content (AvgIpc) is 3.02. The molecule has 0 aromatic heterocycles. The van der Waals surface area contributed by atoms with Gasteiger partial charge in [-0.1, -0.05) is 18.2 Å². The van der Waals surface area contributed by atoms with Gasteiger partial charge >= 0.3 is 0 Å². The third-order valence-corrected chi connectivity index (χ3v) is 3.58. The smallest absolute Gasteiger partial charge is 0.127 e. The number of hydrogen-bond acceptors (Lipinski definition) is 1. The first kappa shape index (κ1) is 10.9. The number of benzene rings is 1. The Morgan fingerprint density at radius 2 is 2.07 bits per heavy atom. The molecule has 15 heavy (non-hydrogen) atoms. The zero-order valence-corrected chi connectivity index (χ0v) is 9.36. The standard InChI is InChI=1S/C12H15ClFN/c13-8-12(5-6-12)9-15-7-10-3-1-2-4-11(10)14/h1-4,15H,5-9H2. The maximum absolute atomic E-state index is 13.2. The Hall–Kier alpha value is -0.600. The SMILES string of the molecule is Fc1ccccc1CNCC1(CCl)CC1. The first-order valence-electron chi connectivity index (χ1n) is 5.26. The van der Waals surface area contributed by atoms with E-state index >= 15 is 0 Å². The van der Waals surface area contributed by atoms with Crippen LogP contribution in [0.2, 0.25) is 0 Å². The Labute approximate surface area is 94.6 Å². The summed E-state index contributed by atoms with van der Waals surface area (Å²) >= 11 is 5.85. The summed E-state index contributed by atoms with van der Waals surface area (Å²) in [6.07, 6.45) is 2.39. The normalized spacial score (nSPS) is 17.7. The van der Waals surface area contributed by atoms with Crippen molar-refractivity contribution in [1.82, 2.24) is 5.32 Å². The van der Waals surface area contributed by atoms with Crippen LogP contribution in [0.15, 0.2) is 24.3 Å². The second-order valence-electron chi connectivity index (χ2n) is 4.33. The summed E-state index contributed by atoms with van der Waals surface area (Å²) in [4.78, 5) is 0. The van der Waals surface area contributed by atoms with Crippen LogP contribution in [0.4, 0.5) is 4.39 Å². The van der Waals surface area contributed by atoms with Gasteiger partial charge < -0.3 is 5.32 Å². The maximum Gasteiger partial charge on any atom is 0.127 e. The van der Waals surface area contributed by atoms with Gasteiger partial charge in [0.15, 0.2) is 0 Å². The second-order valence-corrected chi connectivity index (χ2v) is 4.60. The number of halogens is 2. The van der Waals surface area contributed by atoms with E-state index in [9.17, 15) is 4.39 Å². The van der Waals surface area contributed by atoms with Gasteiger partial charge in [-0.3, -0.25) is 0 Å². The third kappa shape index (κ3) is 2.70. The predicted molar refractivity (Wildman–Crippen MR) is 60.5 cm³/mol. The van der Waals surface area contributed by atoms with E-state index in [0.717, 1.165) is 12.1 Å². The number of nitrogens with one attached hydrogen (secondary N) is 1. The van der Waals surface area contributed by atoms with Crippen LogP contribution in [0.3, 0.4) is 0 Å². The van der Waals surface area contributed by atoms with Gasteiger partial charge in [0.05, 0.1) is 0 Å². The Bertz CT molecular complexity index is 336. The van der Waals surface area contributed by atoms with Crippen molar-refractivity contribution in [1.29, 1.82) is 0 Å². The largest absolute Gasteiger partial charge is 0.312 e. The quantitative estimate of drug-likeness (QED) is 0.763. The fourth-order valence-electron chi connectivity index (χ4n) is 1.64. The molecule has 1 nitrogen and oxygen atoms in total. The van der Waals surface area contributed by atoms with Crippen molar-refractivity contribution in [3.05, 3.63) is 35.6 Å². The van der Waals surface area contributed by atoms with Gasteiger partial charge in [0, 0.05) is 24.5 Å². The van der Waals surface area contributed by atoms with E-state index in [-0.39, 0.29) is 5.82 Å². The summed E-state index contributed by atoms with van der Waals surface area (Å²) < 4.78 is 13.2. The molecule has 0 amide bonds. The van der Waals surface area contributed by atoms with Crippen LogP contribution in [0.5, 0.6) is 0 Å². The number of alkyl halides is 1. The molecule has 0 aliphatic heterocycles. The van der Waals surface area contributed by atoms with Gasteiger partial charge in [-0.05, 0) is 24.3 Å². The molecule has 0 atom stereocenters. The van der Waals surface area contributed by atoms with Gasteiger partial charge in [0.25, 0.3) is 0 Å². The lowest BCUT2D eigenvalue weighted by Gasteiger charge is -2.12. The lowest BCUT2D eigenvalue weighted by Crippen LogP contribution is -2.25. The number of hydrogen-bond donors (Lipinski definition) is 1. The molecule has 1 saturated carbocycles. The van der Waals surface area contributed by atoms with Crippen molar-refractivity contribution >= 4 is 11.6 Å². The molecule has 82 valence electrons. The van der Waals surface area contributed by atoms with Crippen LogP contribution in [-0.2, 0) is 6.54 Å².